The molecule has 0 saturated heterocycles. The Hall–Kier alpha value is -3.42. The number of esters is 2. The molecule has 0 bridgehead atoms. The van der Waals surface area contributed by atoms with Crippen molar-refractivity contribution >= 4 is 33.5 Å². The maximum Gasteiger partial charge on any atom is 0.303 e. The Balaban J connectivity index is 1.98. The van der Waals surface area contributed by atoms with Crippen LogP contribution in [0.15, 0.2) is 46.0 Å². The molecule has 0 aliphatic carbocycles. The Morgan fingerprint density at radius 2 is 1.52 bits per heavy atom. The third kappa shape index (κ3) is 3.10. The summed E-state index contributed by atoms with van der Waals surface area (Å²) in [5, 5.41) is 2.28. The molecule has 3 aromatic rings. The van der Waals surface area contributed by atoms with Gasteiger partial charge in [-0.3, -0.25) is 19.2 Å². The third-order valence-electron chi connectivity index (χ3n) is 5.28. The van der Waals surface area contributed by atoms with Crippen molar-refractivity contribution in [3.05, 3.63) is 57.1 Å². The van der Waals surface area contributed by atoms with Crippen LogP contribution in [0.1, 0.15) is 20.8 Å². The van der Waals surface area contributed by atoms with Crippen molar-refractivity contribution < 1.29 is 19.1 Å². The summed E-state index contributed by atoms with van der Waals surface area (Å²) in [7, 11) is 0. The van der Waals surface area contributed by atoms with E-state index in [-0.39, 0.29) is 24.2 Å². The molecule has 8 heteroatoms. The number of ether oxygens (including phenoxy) is 2. The molecule has 0 N–H and O–H groups in total. The van der Waals surface area contributed by atoms with Gasteiger partial charge in [0.2, 0.25) is 0 Å². The van der Waals surface area contributed by atoms with Crippen LogP contribution in [0.25, 0.3) is 21.5 Å². The van der Waals surface area contributed by atoms with E-state index in [4.69, 9.17) is 9.47 Å². The fraction of sp³-hybridized carbons (Fsp3) is 0.333. The molecular weight excluding hydrogens is 376 g/mol. The van der Waals surface area contributed by atoms with Crippen LogP contribution in [0, 0.1) is 0 Å². The van der Waals surface area contributed by atoms with Crippen molar-refractivity contribution in [2.24, 2.45) is 0 Å². The molecule has 0 fully saturated rings. The molecule has 0 saturated carbocycles. The summed E-state index contributed by atoms with van der Waals surface area (Å²) in [6.45, 7) is 3.87. The van der Waals surface area contributed by atoms with Crippen molar-refractivity contribution in [2.45, 2.75) is 45.6 Å². The molecule has 2 atom stereocenters. The number of aromatic nitrogens is 2. The van der Waals surface area contributed by atoms with Crippen LogP contribution in [-0.2, 0) is 32.2 Å². The lowest BCUT2D eigenvalue weighted by molar-refractivity contribution is -0.192. The minimum atomic E-state index is -1.28. The van der Waals surface area contributed by atoms with Crippen LogP contribution in [0.4, 0.5) is 0 Å². The normalized spacial score (nSPS) is 21.0. The number of fused-ring (bicyclic) bond motifs is 3. The van der Waals surface area contributed by atoms with Crippen molar-refractivity contribution in [2.75, 3.05) is 0 Å². The highest BCUT2D eigenvalue weighted by Crippen LogP contribution is 2.27. The van der Waals surface area contributed by atoms with E-state index < -0.39 is 23.6 Å². The van der Waals surface area contributed by atoms with Crippen molar-refractivity contribution in [3.63, 3.8) is 0 Å². The second-order valence-electron chi connectivity index (χ2n) is 7.50. The van der Waals surface area contributed by atoms with Crippen molar-refractivity contribution in [1.82, 2.24) is 9.36 Å². The topological polar surface area (TPSA) is 96.6 Å². The molecule has 1 aliphatic heterocycles. The van der Waals surface area contributed by atoms with Crippen LogP contribution in [0.3, 0.4) is 0 Å². The maximum atomic E-state index is 13.2. The van der Waals surface area contributed by atoms with Gasteiger partial charge in [-0.15, -0.1) is 0 Å². The number of carbonyl (C=O) groups excluding carboxylic acids is 2. The van der Waals surface area contributed by atoms with Gasteiger partial charge in [0.15, 0.2) is 11.7 Å². The fourth-order valence-corrected chi connectivity index (χ4v) is 3.97. The highest BCUT2D eigenvalue weighted by Gasteiger charge is 2.45. The summed E-state index contributed by atoms with van der Waals surface area (Å²) in [6.07, 6.45) is -0.904. The van der Waals surface area contributed by atoms with Gasteiger partial charge in [0, 0.05) is 13.8 Å². The summed E-state index contributed by atoms with van der Waals surface area (Å²) in [6, 6.07) is 10.9. The Morgan fingerprint density at radius 3 is 2.03 bits per heavy atom. The van der Waals surface area contributed by atoms with Gasteiger partial charge in [-0.1, -0.05) is 24.3 Å². The average molecular weight is 396 g/mol. The number of hydrogen-bond acceptors (Lipinski definition) is 6. The van der Waals surface area contributed by atoms with Crippen LogP contribution < -0.4 is 11.1 Å². The van der Waals surface area contributed by atoms with Gasteiger partial charge in [-0.25, -0.2) is 9.36 Å². The molecule has 2 aromatic carbocycles. The minimum Gasteiger partial charge on any atom is -0.456 e. The summed E-state index contributed by atoms with van der Waals surface area (Å²) < 4.78 is 13.3. The zero-order valence-electron chi connectivity index (χ0n) is 16.3. The van der Waals surface area contributed by atoms with E-state index in [0.29, 0.717) is 10.8 Å². The predicted molar refractivity (Wildman–Crippen MR) is 106 cm³/mol. The highest BCUT2D eigenvalue weighted by atomic mass is 16.6. The molecule has 0 spiro atoms. The standard InChI is InChI=1S/C21H20N2O6/c1-12(24)28-18-10-22-19(26)16-8-14-6-4-5-7-15(14)9-17(16)20(27)23(22)11-21(18,3)29-13(2)25/h4-9,18H,10-11H2,1-3H3. The lowest BCUT2D eigenvalue weighted by Gasteiger charge is -2.41. The van der Waals surface area contributed by atoms with E-state index in [1.165, 1.54) is 23.2 Å². The zero-order chi connectivity index (χ0) is 20.9. The third-order valence-corrected chi connectivity index (χ3v) is 5.28. The van der Waals surface area contributed by atoms with Gasteiger partial charge in [0.1, 0.15) is 0 Å². The number of benzene rings is 2. The summed E-state index contributed by atoms with van der Waals surface area (Å²) in [4.78, 5) is 49.7. The molecule has 1 aromatic heterocycles. The van der Waals surface area contributed by atoms with Gasteiger partial charge in [0.05, 0.1) is 23.9 Å². The summed E-state index contributed by atoms with van der Waals surface area (Å²) >= 11 is 0. The first kappa shape index (κ1) is 18.9. The molecule has 0 radical (unpaired) electrons. The number of hydrogen-bond donors (Lipinski definition) is 0. The summed E-state index contributed by atoms with van der Waals surface area (Å²) in [5.74, 6) is -1.13. The first-order valence-electron chi connectivity index (χ1n) is 9.23. The average Bonchev–Trinajstić information content (AvgIpc) is 2.65. The van der Waals surface area contributed by atoms with Crippen molar-refractivity contribution in [3.8, 4) is 0 Å². The van der Waals surface area contributed by atoms with E-state index in [0.717, 1.165) is 10.8 Å². The lowest BCUT2D eigenvalue weighted by Crippen LogP contribution is -2.60. The molecule has 2 unspecified atom stereocenters. The Kier molecular flexibility index (Phi) is 4.29. The van der Waals surface area contributed by atoms with E-state index in [9.17, 15) is 19.2 Å². The van der Waals surface area contributed by atoms with E-state index >= 15 is 0 Å². The Morgan fingerprint density at radius 1 is 0.966 bits per heavy atom. The van der Waals surface area contributed by atoms with Crippen LogP contribution >= 0.6 is 0 Å². The zero-order valence-corrected chi connectivity index (χ0v) is 16.3. The monoisotopic (exact) mass is 396 g/mol. The maximum absolute atomic E-state index is 13.2. The molecule has 1 aliphatic rings. The largest absolute Gasteiger partial charge is 0.456 e. The van der Waals surface area contributed by atoms with Crippen LogP contribution in [0.5, 0.6) is 0 Å². The van der Waals surface area contributed by atoms with E-state index in [2.05, 4.69) is 0 Å². The fourth-order valence-electron chi connectivity index (χ4n) is 3.97. The number of carbonyl (C=O) groups is 2. The van der Waals surface area contributed by atoms with Crippen molar-refractivity contribution in [1.29, 1.82) is 0 Å². The second-order valence-corrected chi connectivity index (χ2v) is 7.50. The first-order chi connectivity index (χ1) is 13.7. The second kappa shape index (κ2) is 6.58. The van der Waals surface area contributed by atoms with Gasteiger partial charge < -0.3 is 9.47 Å². The Bertz CT molecular complexity index is 1290. The Labute approximate surface area is 165 Å². The summed E-state index contributed by atoms with van der Waals surface area (Å²) in [5.41, 5.74) is -2.02. The van der Waals surface area contributed by atoms with E-state index in [1.807, 2.05) is 24.3 Å². The molecular formula is C21H20N2O6. The predicted octanol–water partition coefficient (Wildman–Crippen LogP) is 1.58. The van der Waals surface area contributed by atoms with Gasteiger partial charge in [0.25, 0.3) is 11.1 Å². The molecule has 150 valence electrons. The first-order valence-corrected chi connectivity index (χ1v) is 9.23. The molecule has 29 heavy (non-hydrogen) atoms. The smallest absolute Gasteiger partial charge is 0.303 e. The SMILES string of the molecule is CC(=O)OC1Cn2c(=O)c3cc4ccccc4cc3c(=O)n2CC1(C)OC(C)=O. The number of nitrogens with zero attached hydrogens (tertiary/aromatic N) is 2. The van der Waals surface area contributed by atoms with E-state index in [1.54, 1.807) is 19.1 Å². The van der Waals surface area contributed by atoms with Crippen LogP contribution in [-0.4, -0.2) is 33.0 Å². The molecule has 8 nitrogen and oxygen atoms in total. The number of rotatable bonds is 2. The van der Waals surface area contributed by atoms with Crippen LogP contribution in [0.2, 0.25) is 0 Å². The molecule has 0 amide bonds. The van der Waals surface area contributed by atoms with Gasteiger partial charge in [-0.2, -0.15) is 0 Å². The highest BCUT2D eigenvalue weighted by molar-refractivity contribution is 5.97. The van der Waals surface area contributed by atoms with Gasteiger partial charge in [-0.05, 0) is 29.8 Å². The van der Waals surface area contributed by atoms with Gasteiger partial charge >= 0.3 is 11.9 Å². The minimum absolute atomic E-state index is 0.0970. The lowest BCUT2D eigenvalue weighted by atomic mass is 9.96. The quantitative estimate of drug-likeness (QED) is 0.482. The molecule has 4 rings (SSSR count). The molecule has 2 heterocycles.